The van der Waals surface area contributed by atoms with Gasteiger partial charge in [-0.2, -0.15) is 0 Å². The van der Waals surface area contributed by atoms with Crippen LogP contribution >= 0.6 is 0 Å². The Hall–Kier alpha value is -0.570. The van der Waals surface area contributed by atoms with E-state index in [1.54, 1.807) is 0 Å². The van der Waals surface area contributed by atoms with Crippen molar-refractivity contribution >= 4 is 5.91 Å². The molecule has 112 valence electrons. The third kappa shape index (κ3) is 3.95. The predicted octanol–water partition coefficient (Wildman–Crippen LogP) is 3.08. The molecule has 1 rings (SSSR count). The molecule has 0 bridgehead atoms. The molecular formula is C16H32N2O. The number of nitrogens with one attached hydrogen (secondary N) is 1. The van der Waals surface area contributed by atoms with Gasteiger partial charge in [0.15, 0.2) is 0 Å². The first-order chi connectivity index (χ1) is 8.74. The third-order valence-corrected chi connectivity index (χ3v) is 4.97. The molecule has 0 aromatic rings. The summed E-state index contributed by atoms with van der Waals surface area (Å²) in [6.07, 6.45) is 5.64. The Morgan fingerprint density at radius 1 is 1.21 bits per heavy atom. The minimum Gasteiger partial charge on any atom is -0.353 e. The van der Waals surface area contributed by atoms with Crippen molar-refractivity contribution in [3.05, 3.63) is 0 Å². The van der Waals surface area contributed by atoms with Gasteiger partial charge >= 0.3 is 0 Å². The van der Waals surface area contributed by atoms with Gasteiger partial charge in [-0.15, -0.1) is 0 Å². The highest BCUT2D eigenvalue weighted by Crippen LogP contribution is 2.38. The van der Waals surface area contributed by atoms with Gasteiger partial charge in [-0.05, 0) is 37.5 Å². The fourth-order valence-corrected chi connectivity index (χ4v) is 3.08. The van der Waals surface area contributed by atoms with E-state index in [0.29, 0.717) is 18.5 Å². The molecule has 1 aliphatic rings. The van der Waals surface area contributed by atoms with Crippen LogP contribution in [0, 0.1) is 16.7 Å². The predicted molar refractivity (Wildman–Crippen MR) is 80.8 cm³/mol. The first-order valence-electron chi connectivity index (χ1n) is 7.75. The van der Waals surface area contributed by atoms with Crippen LogP contribution in [0.5, 0.6) is 0 Å². The lowest BCUT2D eigenvalue weighted by molar-refractivity contribution is -0.131. The molecule has 3 atom stereocenters. The molecule has 1 aliphatic carbocycles. The van der Waals surface area contributed by atoms with Crippen molar-refractivity contribution in [3.63, 3.8) is 0 Å². The molecule has 0 spiro atoms. The van der Waals surface area contributed by atoms with E-state index in [4.69, 9.17) is 5.73 Å². The molecular weight excluding hydrogens is 236 g/mol. The minimum absolute atomic E-state index is 0.138. The van der Waals surface area contributed by atoms with Crippen molar-refractivity contribution < 1.29 is 4.79 Å². The Balaban J connectivity index is 2.75. The van der Waals surface area contributed by atoms with Crippen LogP contribution in [-0.2, 0) is 4.79 Å². The molecule has 1 amide bonds. The summed E-state index contributed by atoms with van der Waals surface area (Å²) in [5, 5.41) is 3.30. The quantitative estimate of drug-likeness (QED) is 0.823. The van der Waals surface area contributed by atoms with Crippen molar-refractivity contribution in [3.8, 4) is 0 Å². The maximum Gasteiger partial charge on any atom is 0.227 e. The number of hydrogen-bond acceptors (Lipinski definition) is 2. The standard InChI is InChI=1S/C16H32N2O/c1-6-16(5,11-17)14(19)18-13-10-8-7-9-12(13)15(2,3)4/h12-13H,6-11,17H2,1-5H3,(H,18,19). The average molecular weight is 268 g/mol. The average Bonchev–Trinajstić information content (AvgIpc) is 2.37. The van der Waals surface area contributed by atoms with Crippen LogP contribution in [0.3, 0.4) is 0 Å². The molecule has 19 heavy (non-hydrogen) atoms. The molecule has 0 aromatic carbocycles. The second-order valence-corrected chi connectivity index (χ2v) is 7.46. The summed E-state index contributed by atoms with van der Waals surface area (Å²) in [4.78, 5) is 12.5. The van der Waals surface area contributed by atoms with Crippen LogP contribution in [0.2, 0.25) is 0 Å². The highest BCUT2D eigenvalue weighted by atomic mass is 16.2. The van der Waals surface area contributed by atoms with Gasteiger partial charge in [-0.1, -0.05) is 40.5 Å². The van der Waals surface area contributed by atoms with Crippen LogP contribution < -0.4 is 11.1 Å². The van der Waals surface area contributed by atoms with Crippen molar-refractivity contribution in [1.82, 2.24) is 5.32 Å². The number of amides is 1. The molecule has 0 saturated heterocycles. The molecule has 1 fully saturated rings. The molecule has 0 heterocycles. The lowest BCUT2D eigenvalue weighted by Gasteiger charge is -2.42. The zero-order chi connectivity index (χ0) is 14.7. The Labute approximate surface area is 118 Å². The second kappa shape index (κ2) is 6.25. The van der Waals surface area contributed by atoms with Gasteiger partial charge in [0.05, 0.1) is 5.41 Å². The van der Waals surface area contributed by atoms with E-state index in [1.165, 1.54) is 19.3 Å². The number of carbonyl (C=O) groups excluding carboxylic acids is 1. The van der Waals surface area contributed by atoms with E-state index < -0.39 is 5.41 Å². The van der Waals surface area contributed by atoms with Gasteiger partial charge in [-0.3, -0.25) is 4.79 Å². The molecule has 0 aromatic heterocycles. The van der Waals surface area contributed by atoms with Gasteiger partial charge in [0.25, 0.3) is 0 Å². The smallest absolute Gasteiger partial charge is 0.227 e. The SMILES string of the molecule is CCC(C)(CN)C(=O)NC1CCCCC1C(C)(C)C. The van der Waals surface area contributed by atoms with E-state index in [-0.39, 0.29) is 11.3 Å². The Morgan fingerprint density at radius 2 is 1.79 bits per heavy atom. The van der Waals surface area contributed by atoms with E-state index in [1.807, 2.05) is 13.8 Å². The topological polar surface area (TPSA) is 55.1 Å². The molecule has 0 aliphatic heterocycles. The number of nitrogens with two attached hydrogens (primary N) is 1. The Bertz CT molecular complexity index is 302. The fraction of sp³-hybridized carbons (Fsp3) is 0.938. The lowest BCUT2D eigenvalue weighted by atomic mass is 9.69. The molecule has 3 N–H and O–H groups in total. The molecule has 3 heteroatoms. The first-order valence-corrected chi connectivity index (χ1v) is 7.75. The lowest BCUT2D eigenvalue weighted by Crippen LogP contribution is -2.52. The maximum absolute atomic E-state index is 12.5. The summed E-state index contributed by atoms with van der Waals surface area (Å²) in [5.74, 6) is 0.711. The monoisotopic (exact) mass is 268 g/mol. The summed E-state index contributed by atoms with van der Waals surface area (Å²) < 4.78 is 0. The van der Waals surface area contributed by atoms with Gasteiger partial charge in [0.1, 0.15) is 0 Å². The van der Waals surface area contributed by atoms with Crippen molar-refractivity contribution in [2.24, 2.45) is 22.5 Å². The number of carbonyl (C=O) groups is 1. The van der Waals surface area contributed by atoms with Gasteiger partial charge in [-0.25, -0.2) is 0 Å². The highest BCUT2D eigenvalue weighted by molar-refractivity contribution is 5.82. The minimum atomic E-state index is -0.417. The van der Waals surface area contributed by atoms with Crippen LogP contribution in [-0.4, -0.2) is 18.5 Å². The van der Waals surface area contributed by atoms with E-state index in [9.17, 15) is 4.79 Å². The molecule has 1 saturated carbocycles. The first kappa shape index (κ1) is 16.5. The van der Waals surface area contributed by atoms with E-state index in [2.05, 4.69) is 26.1 Å². The van der Waals surface area contributed by atoms with E-state index in [0.717, 1.165) is 12.8 Å². The third-order valence-electron chi connectivity index (χ3n) is 4.97. The number of rotatable bonds is 4. The zero-order valence-corrected chi connectivity index (χ0v) is 13.4. The van der Waals surface area contributed by atoms with Gasteiger partial charge < -0.3 is 11.1 Å². The molecule has 3 unspecified atom stereocenters. The van der Waals surface area contributed by atoms with Crippen LogP contribution in [0.25, 0.3) is 0 Å². The zero-order valence-electron chi connectivity index (χ0n) is 13.4. The largest absolute Gasteiger partial charge is 0.353 e. The highest BCUT2D eigenvalue weighted by Gasteiger charge is 2.38. The van der Waals surface area contributed by atoms with Crippen molar-refractivity contribution in [2.75, 3.05) is 6.54 Å². The summed E-state index contributed by atoms with van der Waals surface area (Å²) in [7, 11) is 0. The second-order valence-electron chi connectivity index (χ2n) is 7.46. The van der Waals surface area contributed by atoms with E-state index >= 15 is 0 Å². The van der Waals surface area contributed by atoms with Crippen molar-refractivity contribution in [2.45, 2.75) is 72.8 Å². The van der Waals surface area contributed by atoms with Crippen LogP contribution in [0.1, 0.15) is 66.7 Å². The summed E-state index contributed by atoms with van der Waals surface area (Å²) >= 11 is 0. The van der Waals surface area contributed by atoms with Crippen LogP contribution in [0.4, 0.5) is 0 Å². The summed E-state index contributed by atoms with van der Waals surface area (Å²) in [5.41, 5.74) is 5.62. The normalized spacial score (nSPS) is 27.7. The Morgan fingerprint density at radius 3 is 2.26 bits per heavy atom. The Kier molecular flexibility index (Phi) is 5.43. The van der Waals surface area contributed by atoms with Crippen molar-refractivity contribution in [1.29, 1.82) is 0 Å². The summed E-state index contributed by atoms with van der Waals surface area (Å²) in [6, 6.07) is 0.318. The van der Waals surface area contributed by atoms with Gasteiger partial charge in [0, 0.05) is 12.6 Å². The maximum atomic E-state index is 12.5. The number of hydrogen-bond donors (Lipinski definition) is 2. The molecule has 0 radical (unpaired) electrons. The van der Waals surface area contributed by atoms with Gasteiger partial charge in [0.2, 0.25) is 5.91 Å². The van der Waals surface area contributed by atoms with Crippen LogP contribution in [0.15, 0.2) is 0 Å². The summed E-state index contributed by atoms with van der Waals surface area (Å²) in [6.45, 7) is 11.3. The fourth-order valence-electron chi connectivity index (χ4n) is 3.08. The molecule has 3 nitrogen and oxygen atoms in total.